The molecule has 46 heavy (non-hydrogen) atoms. The number of hydrogen-bond acceptors (Lipinski definition) is 7. The van der Waals surface area contributed by atoms with Crippen molar-refractivity contribution >= 4 is 34.6 Å². The Morgan fingerprint density at radius 2 is 1.76 bits per heavy atom. The van der Waals surface area contributed by atoms with Gasteiger partial charge in [-0.15, -0.1) is 18.3 Å². The lowest BCUT2D eigenvalue weighted by molar-refractivity contribution is -0.274. The van der Waals surface area contributed by atoms with Crippen molar-refractivity contribution in [2.75, 3.05) is 17.8 Å². The van der Waals surface area contributed by atoms with Gasteiger partial charge in [0.15, 0.2) is 11.0 Å². The number of anilines is 1. The summed E-state index contributed by atoms with van der Waals surface area (Å²) < 4.78 is 48.1. The van der Waals surface area contributed by atoms with Crippen molar-refractivity contribution < 1.29 is 32.2 Å². The topological polar surface area (TPSA) is 111 Å². The fourth-order valence-corrected chi connectivity index (χ4v) is 5.74. The van der Waals surface area contributed by atoms with Crippen molar-refractivity contribution in [3.63, 3.8) is 0 Å². The third kappa shape index (κ3) is 7.50. The number of rotatable bonds is 9. The predicted molar refractivity (Wildman–Crippen MR) is 170 cm³/mol. The summed E-state index contributed by atoms with van der Waals surface area (Å²) in [6.07, 6.45) is -2.72. The van der Waals surface area contributed by atoms with Crippen LogP contribution in [-0.2, 0) is 4.79 Å². The first-order chi connectivity index (χ1) is 22.0. The highest BCUT2D eigenvalue weighted by molar-refractivity contribution is 8.15. The molecule has 1 fully saturated rings. The Labute approximate surface area is 267 Å². The number of halogens is 3. The Kier molecular flexibility index (Phi) is 9.65. The van der Waals surface area contributed by atoms with Crippen LogP contribution in [0.25, 0.3) is 17.1 Å². The maximum absolute atomic E-state index is 13.1. The maximum Gasteiger partial charge on any atom is 0.573 e. The number of aliphatic imine (C=N–C) groups is 1. The van der Waals surface area contributed by atoms with Gasteiger partial charge in [-0.05, 0) is 65.9 Å². The number of amidine groups is 1. The van der Waals surface area contributed by atoms with Gasteiger partial charge >= 0.3 is 12.4 Å². The van der Waals surface area contributed by atoms with Crippen LogP contribution in [0.2, 0.25) is 0 Å². The van der Waals surface area contributed by atoms with Crippen LogP contribution in [0.1, 0.15) is 50.3 Å². The van der Waals surface area contributed by atoms with E-state index in [1.165, 1.54) is 51.9 Å². The molecule has 0 radical (unpaired) electrons. The molecule has 14 heteroatoms. The van der Waals surface area contributed by atoms with E-state index in [-0.39, 0.29) is 29.4 Å². The van der Waals surface area contributed by atoms with Gasteiger partial charge in [0.2, 0.25) is 5.91 Å². The molecule has 240 valence electrons. The van der Waals surface area contributed by atoms with Crippen LogP contribution in [0.4, 0.5) is 23.7 Å². The molecule has 0 aliphatic carbocycles. The molecule has 3 amide bonds. The summed E-state index contributed by atoms with van der Waals surface area (Å²) in [4.78, 5) is 36.1. The van der Waals surface area contributed by atoms with Gasteiger partial charge in [-0.2, -0.15) is 4.99 Å². The molecule has 10 nitrogen and oxygen atoms in total. The molecule has 0 bridgehead atoms. The molecule has 1 aromatic heterocycles. The van der Waals surface area contributed by atoms with Gasteiger partial charge in [0.05, 0.1) is 30.3 Å². The number of urea groups is 1. The van der Waals surface area contributed by atoms with E-state index in [9.17, 15) is 22.8 Å². The van der Waals surface area contributed by atoms with Crippen molar-refractivity contribution in [1.82, 2.24) is 20.1 Å². The first-order valence-corrected chi connectivity index (χ1v) is 15.3. The standard InChI is InChI=1S/C32H31F3N6O4S/c1-5-26(37-30(43)38-31-41(28(42)17-46-31)27-15-14-24(44-4)16-25(27)19(2)3)20-6-8-21(9-7-20)29-36-18-40(39-29)22-10-12-23(13-11-22)45-32(33,34)35/h6-16,18-19,26H,5,17H2,1-4H3,(H,37,43). The van der Waals surface area contributed by atoms with Crippen molar-refractivity contribution in [2.45, 2.75) is 45.5 Å². The van der Waals surface area contributed by atoms with Crippen LogP contribution in [0.15, 0.2) is 78.0 Å². The average molecular weight is 653 g/mol. The van der Waals surface area contributed by atoms with Gasteiger partial charge in [-0.25, -0.2) is 14.5 Å². The normalized spacial score (nSPS) is 15.0. The number of thioether (sulfide) groups is 1. The fraction of sp³-hybridized carbons (Fsp3) is 0.281. The van der Waals surface area contributed by atoms with Gasteiger partial charge in [0.25, 0.3) is 0 Å². The largest absolute Gasteiger partial charge is 0.573 e. The third-order valence-corrected chi connectivity index (χ3v) is 8.09. The Bertz CT molecular complexity index is 1740. The molecule has 1 N–H and O–H groups in total. The van der Waals surface area contributed by atoms with Crippen LogP contribution in [0, 0.1) is 0 Å². The summed E-state index contributed by atoms with van der Waals surface area (Å²) in [6, 6.07) is 17.2. The van der Waals surface area contributed by atoms with Gasteiger partial charge in [0, 0.05) is 5.56 Å². The highest BCUT2D eigenvalue weighted by Crippen LogP contribution is 2.36. The number of alkyl halides is 3. The number of amides is 3. The SMILES string of the molecule is CCC(NC(=O)N=C1SCC(=O)N1c1ccc(OC)cc1C(C)C)c1ccc(-c2ncn(-c3ccc(OC(F)(F)F)cc3)n2)cc1. The van der Waals surface area contributed by atoms with Crippen molar-refractivity contribution in [3.05, 3.63) is 84.2 Å². The number of carbonyl (C=O) groups is 2. The quantitative estimate of drug-likeness (QED) is 0.203. The lowest BCUT2D eigenvalue weighted by Crippen LogP contribution is -2.33. The summed E-state index contributed by atoms with van der Waals surface area (Å²) in [7, 11) is 1.58. The van der Waals surface area contributed by atoms with Crippen LogP contribution >= 0.6 is 11.8 Å². The van der Waals surface area contributed by atoms with Crippen molar-refractivity contribution in [3.8, 4) is 28.6 Å². The van der Waals surface area contributed by atoms with Gasteiger partial charge < -0.3 is 14.8 Å². The molecular formula is C32H31F3N6O4S. The number of nitrogens with zero attached hydrogens (tertiary/aromatic N) is 5. The number of ether oxygens (including phenoxy) is 2. The highest BCUT2D eigenvalue weighted by Gasteiger charge is 2.33. The second kappa shape index (κ2) is 13.6. The van der Waals surface area contributed by atoms with E-state index in [0.717, 1.165) is 11.1 Å². The summed E-state index contributed by atoms with van der Waals surface area (Å²) in [5.74, 6) is 0.875. The van der Waals surface area contributed by atoms with E-state index in [1.54, 1.807) is 13.2 Å². The van der Waals surface area contributed by atoms with E-state index in [2.05, 4.69) is 25.1 Å². The van der Waals surface area contributed by atoms with Gasteiger partial charge in [-0.3, -0.25) is 9.69 Å². The van der Waals surface area contributed by atoms with Gasteiger partial charge in [0.1, 0.15) is 17.8 Å². The molecule has 4 aromatic rings. The number of benzene rings is 3. The molecule has 0 spiro atoms. The summed E-state index contributed by atoms with van der Waals surface area (Å²) in [6.45, 7) is 5.98. The summed E-state index contributed by atoms with van der Waals surface area (Å²) >= 11 is 1.21. The zero-order valence-corrected chi connectivity index (χ0v) is 26.2. The molecule has 1 saturated heterocycles. The van der Waals surface area contributed by atoms with E-state index in [1.807, 2.05) is 57.2 Å². The number of carbonyl (C=O) groups excluding carboxylic acids is 2. The highest BCUT2D eigenvalue weighted by atomic mass is 32.2. The fourth-order valence-electron chi connectivity index (χ4n) is 4.88. The van der Waals surface area contributed by atoms with Crippen LogP contribution in [-0.4, -0.2) is 51.1 Å². The second-order valence-electron chi connectivity index (χ2n) is 10.6. The maximum atomic E-state index is 13.1. The number of aromatic nitrogens is 3. The van der Waals surface area contributed by atoms with Crippen LogP contribution < -0.4 is 19.7 Å². The first-order valence-electron chi connectivity index (χ1n) is 14.4. The number of hydrogen-bond donors (Lipinski definition) is 1. The Balaban J connectivity index is 1.28. The molecule has 3 aromatic carbocycles. The van der Waals surface area contributed by atoms with Crippen molar-refractivity contribution in [2.24, 2.45) is 4.99 Å². The minimum absolute atomic E-state index is 0.100. The number of methoxy groups -OCH3 is 1. The molecule has 2 heterocycles. The van der Waals surface area contributed by atoms with Crippen LogP contribution in [0.5, 0.6) is 11.5 Å². The zero-order chi connectivity index (χ0) is 33.0. The van der Waals surface area contributed by atoms with Crippen molar-refractivity contribution in [1.29, 1.82) is 0 Å². The third-order valence-electron chi connectivity index (χ3n) is 7.16. The van der Waals surface area contributed by atoms with E-state index < -0.39 is 12.4 Å². The summed E-state index contributed by atoms with van der Waals surface area (Å²) in [5, 5.41) is 7.69. The molecule has 0 saturated carbocycles. The predicted octanol–water partition coefficient (Wildman–Crippen LogP) is 7.26. The second-order valence-corrected chi connectivity index (χ2v) is 11.5. The van der Waals surface area contributed by atoms with Crippen LogP contribution in [0.3, 0.4) is 0 Å². The average Bonchev–Trinajstić information content (AvgIpc) is 3.66. The van der Waals surface area contributed by atoms with E-state index >= 15 is 0 Å². The zero-order valence-electron chi connectivity index (χ0n) is 25.4. The van der Waals surface area contributed by atoms with E-state index in [4.69, 9.17) is 4.74 Å². The molecule has 1 aliphatic heterocycles. The lowest BCUT2D eigenvalue weighted by atomic mass is 10.00. The molecule has 1 unspecified atom stereocenters. The minimum Gasteiger partial charge on any atom is -0.497 e. The molecule has 1 atom stereocenters. The molecular weight excluding hydrogens is 621 g/mol. The minimum atomic E-state index is -4.77. The Morgan fingerprint density at radius 3 is 2.39 bits per heavy atom. The summed E-state index contributed by atoms with van der Waals surface area (Å²) in [5.41, 5.74) is 3.63. The smallest absolute Gasteiger partial charge is 0.497 e. The molecule has 1 aliphatic rings. The monoisotopic (exact) mass is 652 g/mol. The lowest BCUT2D eigenvalue weighted by Gasteiger charge is -2.22. The Hall–Kier alpha value is -4.85. The number of nitrogens with one attached hydrogen (secondary N) is 1. The molecule has 5 rings (SSSR count). The van der Waals surface area contributed by atoms with Gasteiger partial charge in [-0.1, -0.05) is 56.8 Å². The Morgan fingerprint density at radius 1 is 1.07 bits per heavy atom. The van der Waals surface area contributed by atoms with E-state index in [0.29, 0.717) is 40.1 Å². The first kappa shape index (κ1) is 32.5.